The van der Waals surface area contributed by atoms with E-state index in [9.17, 15) is 18.0 Å². The molecule has 0 saturated heterocycles. The number of pyridine rings is 1. The highest BCUT2D eigenvalue weighted by Gasteiger charge is 2.30. The lowest BCUT2D eigenvalue weighted by molar-refractivity contribution is -0.137. The smallest absolute Gasteiger partial charge is 0.294 e. The molecule has 1 unspecified atom stereocenters. The van der Waals surface area contributed by atoms with Crippen LogP contribution in [-0.4, -0.2) is 26.1 Å². The number of amides is 1. The van der Waals surface area contributed by atoms with E-state index in [1.54, 1.807) is 13.0 Å². The van der Waals surface area contributed by atoms with E-state index in [1.807, 2.05) is 0 Å². The third-order valence-electron chi connectivity index (χ3n) is 2.53. The molecule has 2 heterocycles. The standard InChI is InChI=1S/C13H11F3N4OS/c1-8(11(21)20-12-17-5-2-6-18-12)22-10-4-3-9(7-19-10)13(14,15)16/h2-8H,1H3,(H,17,18,20,21). The molecule has 0 aliphatic heterocycles. The summed E-state index contributed by atoms with van der Waals surface area (Å²) in [7, 11) is 0. The second-order valence-electron chi connectivity index (χ2n) is 4.20. The van der Waals surface area contributed by atoms with Crippen LogP contribution >= 0.6 is 11.8 Å². The van der Waals surface area contributed by atoms with Crippen LogP contribution in [0.3, 0.4) is 0 Å². The fraction of sp³-hybridized carbons (Fsp3) is 0.231. The molecule has 1 amide bonds. The SMILES string of the molecule is CC(Sc1ccc(C(F)(F)F)cn1)C(=O)Nc1ncccn1. The summed E-state index contributed by atoms with van der Waals surface area (Å²) in [5.74, 6) is -0.196. The number of alkyl halides is 3. The van der Waals surface area contributed by atoms with Gasteiger partial charge < -0.3 is 0 Å². The highest BCUT2D eigenvalue weighted by atomic mass is 32.2. The van der Waals surface area contributed by atoms with Gasteiger partial charge in [-0.2, -0.15) is 13.2 Å². The van der Waals surface area contributed by atoms with E-state index in [1.165, 1.54) is 18.5 Å². The Morgan fingerprint density at radius 1 is 1.23 bits per heavy atom. The van der Waals surface area contributed by atoms with E-state index in [4.69, 9.17) is 0 Å². The van der Waals surface area contributed by atoms with Gasteiger partial charge in [0.05, 0.1) is 15.8 Å². The van der Waals surface area contributed by atoms with Crippen LogP contribution in [0.15, 0.2) is 41.8 Å². The van der Waals surface area contributed by atoms with Gasteiger partial charge in [0.2, 0.25) is 11.9 Å². The normalized spacial score (nSPS) is 12.7. The van der Waals surface area contributed by atoms with Crippen molar-refractivity contribution in [3.63, 3.8) is 0 Å². The second-order valence-corrected chi connectivity index (χ2v) is 5.57. The Morgan fingerprint density at radius 3 is 2.45 bits per heavy atom. The van der Waals surface area contributed by atoms with Gasteiger partial charge in [-0.3, -0.25) is 10.1 Å². The Kier molecular flexibility index (Phi) is 4.96. The first-order valence-corrected chi connectivity index (χ1v) is 7.02. The Balaban J connectivity index is 1.96. The lowest BCUT2D eigenvalue weighted by Gasteiger charge is -2.11. The Morgan fingerprint density at radius 2 is 1.91 bits per heavy atom. The molecule has 0 aromatic carbocycles. The molecular weight excluding hydrogens is 317 g/mol. The molecule has 5 nitrogen and oxygen atoms in total. The van der Waals surface area contributed by atoms with E-state index < -0.39 is 17.0 Å². The number of carbonyl (C=O) groups excluding carboxylic acids is 1. The third kappa shape index (κ3) is 4.42. The van der Waals surface area contributed by atoms with Crippen molar-refractivity contribution >= 4 is 23.6 Å². The summed E-state index contributed by atoms with van der Waals surface area (Å²) in [6.07, 6.45) is -0.715. The summed E-state index contributed by atoms with van der Waals surface area (Å²) in [5.41, 5.74) is -0.827. The second kappa shape index (κ2) is 6.73. The van der Waals surface area contributed by atoms with Crippen LogP contribution in [-0.2, 0) is 11.0 Å². The molecule has 1 N–H and O–H groups in total. The number of thioether (sulfide) groups is 1. The monoisotopic (exact) mass is 328 g/mol. The van der Waals surface area contributed by atoms with E-state index in [0.29, 0.717) is 5.03 Å². The fourth-order valence-electron chi connectivity index (χ4n) is 1.43. The molecule has 9 heteroatoms. The molecule has 0 spiro atoms. The molecule has 0 radical (unpaired) electrons. The lowest BCUT2D eigenvalue weighted by atomic mass is 10.3. The Bertz CT molecular complexity index is 634. The van der Waals surface area contributed by atoms with Crippen LogP contribution in [0.2, 0.25) is 0 Å². The maximum Gasteiger partial charge on any atom is 0.417 e. The number of nitrogens with one attached hydrogen (secondary N) is 1. The number of rotatable bonds is 4. The summed E-state index contributed by atoms with van der Waals surface area (Å²) >= 11 is 1.04. The summed E-state index contributed by atoms with van der Waals surface area (Å²) in [6, 6.07) is 3.77. The largest absolute Gasteiger partial charge is 0.417 e. The molecular formula is C13H11F3N4OS. The number of halogens is 3. The topological polar surface area (TPSA) is 67.8 Å². The molecule has 1 atom stereocenters. The van der Waals surface area contributed by atoms with Crippen molar-refractivity contribution in [3.8, 4) is 0 Å². The zero-order chi connectivity index (χ0) is 16.2. The minimum atomic E-state index is -4.43. The van der Waals surface area contributed by atoms with Crippen molar-refractivity contribution in [1.82, 2.24) is 15.0 Å². The highest BCUT2D eigenvalue weighted by molar-refractivity contribution is 8.00. The maximum absolute atomic E-state index is 12.4. The quantitative estimate of drug-likeness (QED) is 0.874. The predicted octanol–water partition coefficient (Wildman–Crippen LogP) is 3.01. The first kappa shape index (κ1) is 16.2. The van der Waals surface area contributed by atoms with Gasteiger partial charge in [-0.05, 0) is 25.1 Å². The van der Waals surface area contributed by atoms with Crippen molar-refractivity contribution in [2.24, 2.45) is 0 Å². The fourth-order valence-corrected chi connectivity index (χ4v) is 2.22. The molecule has 2 aromatic heterocycles. The molecule has 0 aliphatic carbocycles. The minimum absolute atomic E-state index is 0.167. The van der Waals surface area contributed by atoms with E-state index >= 15 is 0 Å². The summed E-state index contributed by atoms with van der Waals surface area (Å²) in [6.45, 7) is 1.61. The minimum Gasteiger partial charge on any atom is -0.294 e. The first-order chi connectivity index (χ1) is 10.4. The van der Waals surface area contributed by atoms with Crippen molar-refractivity contribution in [2.45, 2.75) is 23.4 Å². The van der Waals surface area contributed by atoms with Crippen molar-refractivity contribution in [1.29, 1.82) is 0 Å². The van der Waals surface area contributed by atoms with Crippen LogP contribution in [0.4, 0.5) is 19.1 Å². The predicted molar refractivity (Wildman–Crippen MR) is 75.2 cm³/mol. The van der Waals surface area contributed by atoms with Gasteiger partial charge in [0.1, 0.15) is 0 Å². The van der Waals surface area contributed by atoms with Crippen LogP contribution in [0, 0.1) is 0 Å². The Hall–Kier alpha value is -2.16. The van der Waals surface area contributed by atoms with Crippen LogP contribution in [0.1, 0.15) is 12.5 Å². The van der Waals surface area contributed by atoms with Crippen molar-refractivity contribution in [2.75, 3.05) is 5.32 Å². The molecule has 2 rings (SSSR count). The van der Waals surface area contributed by atoms with E-state index in [2.05, 4.69) is 20.3 Å². The van der Waals surface area contributed by atoms with Crippen LogP contribution < -0.4 is 5.32 Å². The number of carbonyl (C=O) groups is 1. The first-order valence-electron chi connectivity index (χ1n) is 6.14. The van der Waals surface area contributed by atoms with E-state index in [-0.39, 0.29) is 11.9 Å². The van der Waals surface area contributed by atoms with Crippen LogP contribution in [0.25, 0.3) is 0 Å². The average molecular weight is 328 g/mol. The lowest BCUT2D eigenvalue weighted by Crippen LogP contribution is -2.23. The van der Waals surface area contributed by atoms with Gasteiger partial charge in [-0.25, -0.2) is 15.0 Å². The molecule has 0 bridgehead atoms. The number of hydrogen-bond acceptors (Lipinski definition) is 5. The van der Waals surface area contributed by atoms with Gasteiger partial charge in [0.15, 0.2) is 0 Å². The molecule has 116 valence electrons. The van der Waals surface area contributed by atoms with E-state index in [0.717, 1.165) is 24.0 Å². The highest BCUT2D eigenvalue weighted by Crippen LogP contribution is 2.30. The number of hydrogen-bond donors (Lipinski definition) is 1. The molecule has 22 heavy (non-hydrogen) atoms. The van der Waals surface area contributed by atoms with Gasteiger partial charge in [0, 0.05) is 18.6 Å². The van der Waals surface area contributed by atoms with Crippen LogP contribution in [0.5, 0.6) is 0 Å². The zero-order valence-electron chi connectivity index (χ0n) is 11.3. The van der Waals surface area contributed by atoms with Crippen molar-refractivity contribution in [3.05, 3.63) is 42.4 Å². The van der Waals surface area contributed by atoms with Gasteiger partial charge in [-0.15, -0.1) is 0 Å². The number of nitrogens with zero attached hydrogens (tertiary/aromatic N) is 3. The van der Waals surface area contributed by atoms with Gasteiger partial charge in [-0.1, -0.05) is 11.8 Å². The number of aromatic nitrogens is 3. The summed E-state index contributed by atoms with van der Waals surface area (Å²) < 4.78 is 37.3. The van der Waals surface area contributed by atoms with Gasteiger partial charge in [0.25, 0.3) is 0 Å². The molecule has 2 aromatic rings. The number of anilines is 1. The summed E-state index contributed by atoms with van der Waals surface area (Å²) in [4.78, 5) is 23.3. The Labute approximate surface area is 128 Å². The molecule has 0 saturated carbocycles. The van der Waals surface area contributed by atoms with Crippen molar-refractivity contribution < 1.29 is 18.0 Å². The molecule has 0 aliphatic rings. The maximum atomic E-state index is 12.4. The van der Waals surface area contributed by atoms with Gasteiger partial charge >= 0.3 is 6.18 Å². The average Bonchev–Trinajstić information content (AvgIpc) is 2.48. The zero-order valence-corrected chi connectivity index (χ0v) is 12.1. The third-order valence-corrected chi connectivity index (χ3v) is 3.58. The molecule has 0 fully saturated rings. The summed E-state index contributed by atoms with van der Waals surface area (Å²) in [5, 5.41) is 2.27.